The van der Waals surface area contributed by atoms with E-state index in [0.717, 1.165) is 57.1 Å². The van der Waals surface area contributed by atoms with Crippen LogP contribution in [0.3, 0.4) is 0 Å². The Morgan fingerprint density at radius 2 is 1.86 bits per heavy atom. The maximum atomic E-state index is 5.62. The number of fused-ring (bicyclic) bond motifs is 2. The summed E-state index contributed by atoms with van der Waals surface area (Å²) in [4.78, 5) is 10.3. The second kappa shape index (κ2) is 7.68. The lowest BCUT2D eigenvalue weighted by Crippen LogP contribution is -2.46. The summed E-state index contributed by atoms with van der Waals surface area (Å²) in [7, 11) is 1.77. The van der Waals surface area contributed by atoms with E-state index in [1.165, 1.54) is 27.6 Å². The van der Waals surface area contributed by atoms with E-state index in [0.29, 0.717) is 5.92 Å². The van der Waals surface area contributed by atoms with E-state index in [9.17, 15) is 0 Å². The third-order valence-electron chi connectivity index (χ3n) is 6.66. The van der Waals surface area contributed by atoms with Gasteiger partial charge in [-0.15, -0.1) is 0 Å². The van der Waals surface area contributed by atoms with Crippen LogP contribution in [0.15, 0.2) is 48.5 Å². The molecule has 1 saturated heterocycles. The van der Waals surface area contributed by atoms with Crippen LogP contribution in [0.5, 0.6) is 5.75 Å². The predicted octanol–water partition coefficient (Wildman–Crippen LogP) is 4.46. The Hall–Kier alpha value is -2.59. The first-order chi connectivity index (χ1) is 14.3. The Morgan fingerprint density at radius 1 is 1.03 bits per heavy atom. The van der Waals surface area contributed by atoms with Gasteiger partial charge in [-0.25, -0.2) is 4.98 Å². The second-order valence-corrected chi connectivity index (χ2v) is 8.13. The number of hydrogen-bond donors (Lipinski definition) is 0. The zero-order chi connectivity index (χ0) is 19.8. The van der Waals surface area contributed by atoms with E-state index in [-0.39, 0.29) is 0 Å². The number of ether oxygens (including phenoxy) is 1. The molecule has 0 spiro atoms. The number of hydrogen-bond acceptors (Lipinski definition) is 4. The first kappa shape index (κ1) is 18.4. The summed E-state index contributed by atoms with van der Waals surface area (Å²) in [6.07, 6.45) is 2.16. The third kappa shape index (κ3) is 3.25. The lowest BCUT2D eigenvalue weighted by Gasteiger charge is -2.35. The number of benzene rings is 2. The average Bonchev–Trinajstić information content (AvgIpc) is 3.23. The fourth-order valence-corrected chi connectivity index (χ4v) is 5.02. The van der Waals surface area contributed by atoms with E-state index in [2.05, 4.69) is 65.3 Å². The van der Waals surface area contributed by atoms with Gasteiger partial charge in [0.15, 0.2) is 0 Å². The van der Waals surface area contributed by atoms with Crippen molar-refractivity contribution in [2.75, 3.05) is 44.7 Å². The Bertz CT molecular complexity index is 1020. The van der Waals surface area contributed by atoms with Gasteiger partial charge < -0.3 is 14.5 Å². The zero-order valence-electron chi connectivity index (χ0n) is 17.4. The number of anilines is 1. The van der Waals surface area contributed by atoms with Crippen molar-refractivity contribution in [2.45, 2.75) is 25.7 Å². The summed E-state index contributed by atoms with van der Waals surface area (Å²) in [5.74, 6) is 2.52. The van der Waals surface area contributed by atoms with Gasteiger partial charge in [-0.2, -0.15) is 0 Å². The van der Waals surface area contributed by atoms with Gasteiger partial charge >= 0.3 is 0 Å². The van der Waals surface area contributed by atoms with Crippen molar-refractivity contribution in [1.82, 2.24) is 9.88 Å². The van der Waals surface area contributed by atoms with Crippen LogP contribution >= 0.6 is 0 Å². The minimum absolute atomic E-state index is 0.348. The molecule has 1 aliphatic carbocycles. The minimum atomic E-state index is 0.348. The fourth-order valence-electron chi connectivity index (χ4n) is 5.02. The Kier molecular flexibility index (Phi) is 4.88. The molecule has 150 valence electrons. The monoisotopic (exact) mass is 387 g/mol. The second-order valence-electron chi connectivity index (χ2n) is 8.13. The van der Waals surface area contributed by atoms with Crippen molar-refractivity contribution in [3.63, 3.8) is 0 Å². The summed E-state index contributed by atoms with van der Waals surface area (Å²) in [6.45, 7) is 7.69. The zero-order valence-corrected chi connectivity index (χ0v) is 17.4. The van der Waals surface area contributed by atoms with Crippen molar-refractivity contribution < 1.29 is 4.74 Å². The highest BCUT2D eigenvalue weighted by molar-refractivity contribution is 5.92. The number of rotatable bonds is 4. The molecule has 2 aliphatic rings. The van der Waals surface area contributed by atoms with Crippen LogP contribution in [0, 0.1) is 0 Å². The smallest absolute Gasteiger partial charge is 0.136 e. The molecule has 0 N–H and O–H groups in total. The third-order valence-corrected chi connectivity index (χ3v) is 6.66. The van der Waals surface area contributed by atoms with E-state index >= 15 is 0 Å². The summed E-state index contributed by atoms with van der Waals surface area (Å²) in [5.41, 5.74) is 3.94. The molecule has 29 heavy (non-hydrogen) atoms. The van der Waals surface area contributed by atoms with Crippen LogP contribution in [-0.4, -0.2) is 49.7 Å². The van der Waals surface area contributed by atoms with E-state index in [1.54, 1.807) is 7.11 Å². The molecule has 1 aliphatic heterocycles. The lowest BCUT2D eigenvalue weighted by atomic mass is 9.95. The summed E-state index contributed by atoms with van der Waals surface area (Å²) in [6, 6.07) is 17.5. The van der Waals surface area contributed by atoms with Crippen LogP contribution < -0.4 is 9.64 Å². The van der Waals surface area contributed by atoms with Crippen molar-refractivity contribution in [3.8, 4) is 5.75 Å². The molecule has 3 aromatic rings. The molecule has 1 fully saturated rings. The molecular formula is C25H29N3O. The van der Waals surface area contributed by atoms with Crippen molar-refractivity contribution >= 4 is 16.6 Å². The molecule has 2 heterocycles. The summed E-state index contributed by atoms with van der Waals surface area (Å²) < 4.78 is 5.62. The largest absolute Gasteiger partial charge is 0.496 e. The predicted molar refractivity (Wildman–Crippen MR) is 119 cm³/mol. The SMILES string of the molecule is CCN1CCN(c2nc(C3CCc4c(OC)cccc43)cc3ccccc23)CC1. The van der Waals surface area contributed by atoms with Crippen molar-refractivity contribution in [2.24, 2.45) is 0 Å². The number of likely N-dealkylation sites (N-methyl/N-ethyl adjacent to an activating group) is 1. The number of piperazine rings is 1. The van der Waals surface area contributed by atoms with Gasteiger partial charge in [-0.1, -0.05) is 43.3 Å². The van der Waals surface area contributed by atoms with E-state index in [1.807, 2.05) is 0 Å². The highest BCUT2D eigenvalue weighted by atomic mass is 16.5. The highest BCUT2D eigenvalue weighted by Gasteiger charge is 2.29. The standard InChI is InChI=1S/C25H29N3O/c1-3-27-13-15-28(16-14-27)25-19-8-5-4-7-18(19)17-23(26-25)21-11-12-22-20(21)9-6-10-24(22)29-2/h4-10,17,21H,3,11-16H2,1-2H3. The van der Waals surface area contributed by atoms with Gasteiger partial charge in [0.25, 0.3) is 0 Å². The quantitative estimate of drug-likeness (QED) is 0.661. The van der Waals surface area contributed by atoms with Gasteiger partial charge in [0.05, 0.1) is 12.8 Å². The van der Waals surface area contributed by atoms with Crippen LogP contribution in [0.1, 0.15) is 36.1 Å². The molecule has 2 aromatic carbocycles. The van der Waals surface area contributed by atoms with Gasteiger partial charge in [0, 0.05) is 37.5 Å². The van der Waals surface area contributed by atoms with Crippen LogP contribution in [-0.2, 0) is 6.42 Å². The first-order valence-corrected chi connectivity index (χ1v) is 10.8. The molecule has 0 bridgehead atoms. The van der Waals surface area contributed by atoms with Gasteiger partial charge in [-0.05, 0) is 48.0 Å². The average molecular weight is 388 g/mol. The minimum Gasteiger partial charge on any atom is -0.496 e. The Labute approximate surface area is 173 Å². The highest BCUT2D eigenvalue weighted by Crippen LogP contribution is 2.42. The molecule has 1 aromatic heterocycles. The molecule has 0 saturated carbocycles. The van der Waals surface area contributed by atoms with E-state index in [4.69, 9.17) is 9.72 Å². The molecule has 0 radical (unpaired) electrons. The maximum Gasteiger partial charge on any atom is 0.136 e. The maximum absolute atomic E-state index is 5.62. The molecule has 5 rings (SSSR count). The van der Waals surface area contributed by atoms with Crippen LogP contribution in [0.2, 0.25) is 0 Å². The first-order valence-electron chi connectivity index (χ1n) is 10.8. The summed E-state index contributed by atoms with van der Waals surface area (Å²) >= 11 is 0. The number of methoxy groups -OCH3 is 1. The van der Waals surface area contributed by atoms with Crippen LogP contribution in [0.4, 0.5) is 5.82 Å². The fraction of sp³-hybridized carbons (Fsp3) is 0.400. The van der Waals surface area contributed by atoms with Gasteiger partial charge in [0.2, 0.25) is 0 Å². The topological polar surface area (TPSA) is 28.6 Å². The Balaban J connectivity index is 1.57. The van der Waals surface area contributed by atoms with Crippen molar-refractivity contribution in [1.29, 1.82) is 0 Å². The molecular weight excluding hydrogens is 358 g/mol. The number of pyridine rings is 1. The molecule has 1 atom stereocenters. The normalized spacial score (nSPS) is 19.5. The van der Waals surface area contributed by atoms with Gasteiger partial charge in [-0.3, -0.25) is 0 Å². The van der Waals surface area contributed by atoms with E-state index < -0.39 is 0 Å². The molecule has 1 unspecified atom stereocenters. The Morgan fingerprint density at radius 3 is 2.66 bits per heavy atom. The number of aromatic nitrogens is 1. The molecule has 4 nitrogen and oxygen atoms in total. The summed E-state index contributed by atoms with van der Waals surface area (Å²) in [5, 5.41) is 2.56. The number of nitrogens with zero attached hydrogens (tertiary/aromatic N) is 3. The van der Waals surface area contributed by atoms with Crippen molar-refractivity contribution in [3.05, 3.63) is 65.4 Å². The molecule has 4 heteroatoms. The molecule has 0 amide bonds. The van der Waals surface area contributed by atoms with Crippen LogP contribution in [0.25, 0.3) is 10.8 Å². The lowest BCUT2D eigenvalue weighted by molar-refractivity contribution is 0.270. The van der Waals surface area contributed by atoms with Gasteiger partial charge in [0.1, 0.15) is 11.6 Å².